The second-order valence-corrected chi connectivity index (χ2v) is 2.42. The van der Waals surface area contributed by atoms with E-state index in [0.717, 1.165) is 0 Å². The van der Waals surface area contributed by atoms with Gasteiger partial charge in [0.1, 0.15) is 0 Å². The van der Waals surface area contributed by atoms with E-state index in [2.05, 4.69) is 5.73 Å². The summed E-state index contributed by atoms with van der Waals surface area (Å²) in [5.41, 5.74) is 2.89. The van der Waals surface area contributed by atoms with Crippen LogP contribution in [0.25, 0.3) is 0 Å². The third-order valence-electron chi connectivity index (χ3n) is 0.870. The van der Waals surface area contributed by atoms with E-state index in [9.17, 15) is 9.18 Å². The largest absolute Gasteiger partial charge is 0.387 e. The lowest BCUT2D eigenvalue weighted by Gasteiger charge is -2.18. The Morgan fingerprint density at radius 3 is 2.11 bits per heavy atom. The number of rotatable bonds is 2. The highest BCUT2D eigenvalue weighted by Crippen LogP contribution is 2.10. The van der Waals surface area contributed by atoms with E-state index in [1.807, 2.05) is 0 Å². The van der Waals surface area contributed by atoms with E-state index in [1.165, 1.54) is 13.8 Å². The highest BCUT2D eigenvalue weighted by Gasteiger charge is 2.31. The van der Waals surface area contributed by atoms with Crippen LogP contribution in [0.4, 0.5) is 4.39 Å². The van der Waals surface area contributed by atoms with Gasteiger partial charge in [-0.05, 0) is 13.8 Å². The van der Waals surface area contributed by atoms with Crippen LogP contribution >= 0.6 is 0 Å². The van der Waals surface area contributed by atoms with Crippen molar-refractivity contribution in [2.24, 2.45) is 5.73 Å². The fourth-order valence-corrected chi connectivity index (χ4v) is 0.348. The molecule has 0 fully saturated rings. The monoisotopic (exact) mass is 135 g/mol. The average molecular weight is 135 g/mol. The molecule has 0 aromatic carbocycles. The maximum absolute atomic E-state index is 12.3. The molecule has 0 rings (SSSR count). The SMILES string of the molecule is CC(C)(O)C(F)C(N)=O. The molecule has 9 heavy (non-hydrogen) atoms. The molecule has 0 spiro atoms. The van der Waals surface area contributed by atoms with Gasteiger partial charge in [0.05, 0.1) is 5.60 Å². The fourth-order valence-electron chi connectivity index (χ4n) is 0.348. The van der Waals surface area contributed by atoms with Crippen molar-refractivity contribution in [2.75, 3.05) is 0 Å². The summed E-state index contributed by atoms with van der Waals surface area (Å²) < 4.78 is 12.3. The molecule has 0 aliphatic rings. The summed E-state index contributed by atoms with van der Waals surface area (Å²) in [4.78, 5) is 10.0. The predicted octanol–water partition coefficient (Wildman–Crippen LogP) is -0.419. The summed E-state index contributed by atoms with van der Waals surface area (Å²) in [7, 11) is 0. The minimum Gasteiger partial charge on any atom is -0.387 e. The Bertz CT molecular complexity index is 119. The molecule has 0 aromatic heterocycles. The Morgan fingerprint density at radius 1 is 1.78 bits per heavy atom. The molecule has 0 aliphatic heterocycles. The molecular weight excluding hydrogens is 125 g/mol. The summed E-state index contributed by atoms with van der Waals surface area (Å²) in [6.45, 7) is 2.37. The molecule has 54 valence electrons. The molecule has 0 saturated carbocycles. The van der Waals surface area contributed by atoms with Gasteiger partial charge >= 0.3 is 0 Å². The van der Waals surface area contributed by atoms with Crippen molar-refractivity contribution >= 4 is 5.91 Å². The maximum atomic E-state index is 12.3. The number of carbonyl (C=O) groups excluding carboxylic acids is 1. The van der Waals surface area contributed by atoms with Gasteiger partial charge in [0.15, 0.2) is 0 Å². The number of alkyl halides is 1. The van der Waals surface area contributed by atoms with Crippen molar-refractivity contribution in [2.45, 2.75) is 25.6 Å². The number of aliphatic hydroxyl groups is 1. The van der Waals surface area contributed by atoms with Gasteiger partial charge in [-0.3, -0.25) is 4.79 Å². The number of carbonyl (C=O) groups is 1. The molecule has 0 bridgehead atoms. The zero-order valence-corrected chi connectivity index (χ0v) is 5.39. The van der Waals surface area contributed by atoms with Crippen LogP contribution in [-0.4, -0.2) is 22.8 Å². The standard InChI is InChI=1S/C5H10FNO2/c1-5(2,9)3(6)4(7)8/h3,9H,1-2H3,(H2,7,8). The van der Waals surface area contributed by atoms with Crippen molar-refractivity contribution in [3.05, 3.63) is 0 Å². The number of primary amides is 1. The maximum Gasteiger partial charge on any atom is 0.254 e. The number of nitrogens with two attached hydrogens (primary N) is 1. The van der Waals surface area contributed by atoms with Gasteiger partial charge in [-0.25, -0.2) is 4.39 Å². The number of hydrogen-bond donors (Lipinski definition) is 2. The molecular formula is C5H10FNO2. The lowest BCUT2D eigenvalue weighted by Crippen LogP contribution is -2.42. The van der Waals surface area contributed by atoms with Crippen molar-refractivity contribution in [1.29, 1.82) is 0 Å². The van der Waals surface area contributed by atoms with Gasteiger partial charge in [0.25, 0.3) is 5.91 Å². The Morgan fingerprint density at radius 2 is 2.11 bits per heavy atom. The van der Waals surface area contributed by atoms with Crippen LogP contribution in [-0.2, 0) is 4.79 Å². The zero-order chi connectivity index (χ0) is 7.65. The minimum atomic E-state index is -1.99. The molecule has 0 radical (unpaired) electrons. The molecule has 1 unspecified atom stereocenters. The Labute approximate surface area is 52.7 Å². The van der Waals surface area contributed by atoms with Crippen LogP contribution in [0.1, 0.15) is 13.8 Å². The first-order chi connectivity index (χ1) is 3.85. The third-order valence-corrected chi connectivity index (χ3v) is 0.870. The Hall–Kier alpha value is -0.640. The molecule has 3 N–H and O–H groups in total. The topological polar surface area (TPSA) is 63.3 Å². The number of hydrogen-bond acceptors (Lipinski definition) is 2. The molecule has 0 aliphatic carbocycles. The van der Waals surface area contributed by atoms with Crippen LogP contribution in [0.2, 0.25) is 0 Å². The van der Waals surface area contributed by atoms with Gasteiger partial charge in [0.2, 0.25) is 6.17 Å². The lowest BCUT2D eigenvalue weighted by molar-refractivity contribution is -0.130. The summed E-state index contributed by atoms with van der Waals surface area (Å²) in [6, 6.07) is 0. The summed E-state index contributed by atoms with van der Waals surface area (Å²) in [6.07, 6.45) is -1.99. The van der Waals surface area contributed by atoms with Gasteiger partial charge in [0, 0.05) is 0 Å². The molecule has 3 nitrogen and oxygen atoms in total. The van der Waals surface area contributed by atoms with Crippen LogP contribution < -0.4 is 5.73 Å². The van der Waals surface area contributed by atoms with E-state index in [0.29, 0.717) is 0 Å². The normalized spacial score (nSPS) is 15.1. The molecule has 0 saturated heterocycles. The molecule has 1 atom stereocenters. The fraction of sp³-hybridized carbons (Fsp3) is 0.800. The Balaban J connectivity index is 4.04. The highest BCUT2D eigenvalue weighted by atomic mass is 19.1. The molecule has 4 heteroatoms. The van der Waals surface area contributed by atoms with E-state index in [1.54, 1.807) is 0 Å². The highest BCUT2D eigenvalue weighted by molar-refractivity contribution is 5.79. The zero-order valence-electron chi connectivity index (χ0n) is 5.39. The number of halogens is 1. The average Bonchev–Trinajstić information content (AvgIpc) is 1.62. The summed E-state index contributed by atoms with van der Waals surface area (Å²) in [5.74, 6) is -1.14. The van der Waals surface area contributed by atoms with Crippen molar-refractivity contribution in [1.82, 2.24) is 0 Å². The first kappa shape index (κ1) is 8.36. The minimum absolute atomic E-state index is 1.14. The first-order valence-electron chi connectivity index (χ1n) is 2.51. The molecule has 1 amide bonds. The molecule has 0 heterocycles. The van der Waals surface area contributed by atoms with Gasteiger partial charge in [-0.2, -0.15) is 0 Å². The van der Waals surface area contributed by atoms with E-state index in [4.69, 9.17) is 5.11 Å². The van der Waals surface area contributed by atoms with Crippen LogP contribution in [0, 0.1) is 0 Å². The van der Waals surface area contributed by atoms with Crippen molar-refractivity contribution in [3.63, 3.8) is 0 Å². The van der Waals surface area contributed by atoms with Crippen molar-refractivity contribution in [3.8, 4) is 0 Å². The lowest BCUT2D eigenvalue weighted by atomic mass is 10.0. The van der Waals surface area contributed by atoms with Crippen LogP contribution in [0.5, 0.6) is 0 Å². The van der Waals surface area contributed by atoms with Gasteiger partial charge < -0.3 is 10.8 Å². The van der Waals surface area contributed by atoms with E-state index < -0.39 is 17.7 Å². The van der Waals surface area contributed by atoms with Crippen molar-refractivity contribution < 1.29 is 14.3 Å². The second kappa shape index (κ2) is 2.31. The number of amides is 1. The predicted molar refractivity (Wildman–Crippen MR) is 30.4 cm³/mol. The van der Waals surface area contributed by atoms with E-state index in [-0.39, 0.29) is 0 Å². The van der Waals surface area contributed by atoms with Crippen LogP contribution in [0.15, 0.2) is 0 Å². The third kappa shape index (κ3) is 2.41. The van der Waals surface area contributed by atoms with Gasteiger partial charge in [-0.15, -0.1) is 0 Å². The smallest absolute Gasteiger partial charge is 0.254 e. The first-order valence-corrected chi connectivity index (χ1v) is 2.51. The summed E-state index contributed by atoms with van der Waals surface area (Å²) >= 11 is 0. The van der Waals surface area contributed by atoms with Crippen LogP contribution in [0.3, 0.4) is 0 Å². The second-order valence-electron chi connectivity index (χ2n) is 2.42. The Kier molecular flexibility index (Phi) is 2.14. The summed E-state index contributed by atoms with van der Waals surface area (Å²) in [5, 5.41) is 8.78. The quantitative estimate of drug-likeness (QED) is 0.540. The molecule has 0 aromatic rings. The van der Waals surface area contributed by atoms with E-state index >= 15 is 0 Å². The van der Waals surface area contributed by atoms with Gasteiger partial charge in [-0.1, -0.05) is 0 Å².